The molecule has 10 heteroatoms. The van der Waals surface area contributed by atoms with E-state index in [0.29, 0.717) is 77.4 Å². The number of likely N-dealkylation sites (tertiary alicyclic amines) is 1. The van der Waals surface area contributed by atoms with Gasteiger partial charge < -0.3 is 14.7 Å². The number of benzene rings is 1. The number of para-hydroxylation sites is 1. The molecule has 37 heavy (non-hydrogen) atoms. The fourth-order valence-electron chi connectivity index (χ4n) is 5.59. The zero-order valence-corrected chi connectivity index (χ0v) is 22.3. The van der Waals surface area contributed by atoms with Crippen LogP contribution in [-0.2, 0) is 11.3 Å². The molecule has 0 spiro atoms. The van der Waals surface area contributed by atoms with Gasteiger partial charge in [-0.3, -0.25) is 19.0 Å². The van der Waals surface area contributed by atoms with Crippen LogP contribution in [-0.4, -0.2) is 70.4 Å². The van der Waals surface area contributed by atoms with Crippen molar-refractivity contribution in [2.45, 2.75) is 33.7 Å². The highest BCUT2D eigenvalue weighted by atomic mass is 32.1. The summed E-state index contributed by atoms with van der Waals surface area (Å²) in [5.41, 5.74) is 0.843. The van der Waals surface area contributed by atoms with Gasteiger partial charge in [0.15, 0.2) is 0 Å². The molecule has 2 fully saturated rings. The summed E-state index contributed by atoms with van der Waals surface area (Å²) in [6.07, 6.45) is 2.51. The largest absolute Gasteiger partial charge is 0.366 e. The summed E-state index contributed by atoms with van der Waals surface area (Å²) in [5, 5.41) is 0.397. The van der Waals surface area contributed by atoms with Gasteiger partial charge in [0, 0.05) is 39.3 Å². The summed E-state index contributed by atoms with van der Waals surface area (Å²) in [4.78, 5) is 50.6. The van der Waals surface area contributed by atoms with Gasteiger partial charge in [-0.2, -0.15) is 0 Å². The van der Waals surface area contributed by atoms with Crippen molar-refractivity contribution in [2.24, 2.45) is 11.8 Å². The molecule has 8 nitrogen and oxygen atoms in total. The number of fused-ring (bicyclic) bond motifs is 1. The van der Waals surface area contributed by atoms with E-state index >= 15 is 0 Å². The number of aryl methyl sites for hydroxylation is 1. The summed E-state index contributed by atoms with van der Waals surface area (Å²) < 4.78 is 15.5. The lowest BCUT2D eigenvalue weighted by molar-refractivity contribution is -0.134. The minimum Gasteiger partial charge on any atom is -0.366 e. The molecule has 1 aromatic carbocycles. The number of nitrogens with zero attached hydrogens (tertiary/aromatic N) is 5. The highest BCUT2D eigenvalue weighted by molar-refractivity contribution is 7.20. The van der Waals surface area contributed by atoms with Crippen molar-refractivity contribution in [3.05, 3.63) is 57.2 Å². The molecule has 0 radical (unpaired) electrons. The summed E-state index contributed by atoms with van der Waals surface area (Å²) in [6.45, 7) is 9.37. The highest BCUT2D eigenvalue weighted by Gasteiger charge is 2.29. The Morgan fingerprint density at radius 2 is 1.73 bits per heavy atom. The third kappa shape index (κ3) is 4.99. The number of amides is 2. The molecule has 2 atom stereocenters. The summed E-state index contributed by atoms with van der Waals surface area (Å²) in [7, 11) is 0. The lowest BCUT2D eigenvalue weighted by Gasteiger charge is -2.36. The Hall–Kier alpha value is -3.27. The van der Waals surface area contributed by atoms with Gasteiger partial charge in [-0.15, -0.1) is 11.3 Å². The van der Waals surface area contributed by atoms with E-state index in [1.807, 2.05) is 9.80 Å². The van der Waals surface area contributed by atoms with Crippen LogP contribution in [0.25, 0.3) is 10.2 Å². The number of hydrogen-bond donors (Lipinski definition) is 0. The number of rotatable bonds is 4. The predicted molar refractivity (Wildman–Crippen MR) is 143 cm³/mol. The van der Waals surface area contributed by atoms with Gasteiger partial charge in [0.1, 0.15) is 17.2 Å². The third-order valence-corrected chi connectivity index (χ3v) is 8.59. The number of hydrogen-bond acceptors (Lipinski definition) is 6. The van der Waals surface area contributed by atoms with Crippen molar-refractivity contribution in [1.82, 2.24) is 19.4 Å². The van der Waals surface area contributed by atoms with Gasteiger partial charge in [-0.1, -0.05) is 26.0 Å². The second kappa shape index (κ2) is 10.2. The van der Waals surface area contributed by atoms with E-state index in [9.17, 15) is 18.8 Å². The first-order chi connectivity index (χ1) is 17.7. The van der Waals surface area contributed by atoms with E-state index in [1.165, 1.54) is 28.3 Å². The lowest BCUT2D eigenvalue weighted by atomic mass is 9.92. The van der Waals surface area contributed by atoms with Crippen LogP contribution in [0.4, 0.5) is 10.1 Å². The number of carbonyl (C=O) groups is 2. The molecule has 5 rings (SSSR count). The molecule has 0 unspecified atom stereocenters. The number of piperidine rings is 1. The van der Waals surface area contributed by atoms with E-state index in [0.717, 1.165) is 6.42 Å². The third-order valence-electron chi connectivity index (χ3n) is 7.40. The van der Waals surface area contributed by atoms with Gasteiger partial charge in [0.2, 0.25) is 5.91 Å². The first-order valence-corrected chi connectivity index (χ1v) is 13.6. The molecule has 0 N–H and O–H groups in total. The van der Waals surface area contributed by atoms with E-state index < -0.39 is 0 Å². The maximum atomic E-state index is 14.2. The molecule has 196 valence electrons. The first kappa shape index (κ1) is 25.4. The summed E-state index contributed by atoms with van der Waals surface area (Å²) in [5.74, 6) is 0.371. The predicted octanol–water partition coefficient (Wildman–Crippen LogP) is 3.37. The number of aromatic nitrogens is 2. The van der Waals surface area contributed by atoms with Crippen LogP contribution < -0.4 is 10.5 Å². The average molecular weight is 526 g/mol. The van der Waals surface area contributed by atoms with E-state index in [-0.39, 0.29) is 29.7 Å². The molecule has 2 aliphatic rings. The van der Waals surface area contributed by atoms with Crippen molar-refractivity contribution in [3.63, 3.8) is 0 Å². The SMILES string of the molecule is Cc1c(C(=O)N2CCN(c3ccccc3F)CC2)sc2ncn(CC(=O)N3C[C@@H](C)C[C@H](C)C3)c(=O)c12. The van der Waals surface area contributed by atoms with Crippen LogP contribution in [0.3, 0.4) is 0 Å². The molecule has 0 saturated carbocycles. The Labute approximate surface area is 219 Å². The van der Waals surface area contributed by atoms with Gasteiger partial charge in [-0.25, -0.2) is 9.37 Å². The maximum Gasteiger partial charge on any atom is 0.264 e. The minimum atomic E-state index is -0.298. The average Bonchev–Trinajstić information content (AvgIpc) is 3.22. The van der Waals surface area contributed by atoms with Gasteiger partial charge in [-0.05, 0) is 42.9 Å². The van der Waals surface area contributed by atoms with E-state index in [1.54, 1.807) is 30.0 Å². The number of thiophene rings is 1. The van der Waals surface area contributed by atoms with Crippen LogP contribution in [0.5, 0.6) is 0 Å². The molecule has 2 aliphatic heterocycles. The van der Waals surface area contributed by atoms with Crippen molar-refractivity contribution >= 4 is 39.1 Å². The fourth-order valence-corrected chi connectivity index (χ4v) is 6.70. The number of piperazine rings is 1. The number of carbonyl (C=O) groups excluding carboxylic acids is 2. The molecular weight excluding hydrogens is 493 g/mol. The Morgan fingerprint density at radius 3 is 2.41 bits per heavy atom. The van der Waals surface area contributed by atoms with Crippen LogP contribution >= 0.6 is 11.3 Å². The maximum absolute atomic E-state index is 14.2. The van der Waals surface area contributed by atoms with Crippen LogP contribution in [0, 0.1) is 24.6 Å². The van der Waals surface area contributed by atoms with E-state index in [2.05, 4.69) is 18.8 Å². The normalized spacial score (nSPS) is 20.5. The number of anilines is 1. The minimum absolute atomic E-state index is 0.0578. The molecule has 0 bridgehead atoms. The monoisotopic (exact) mass is 525 g/mol. The standard InChI is InChI=1S/C27H32FN5O3S/c1-17-12-18(2)14-32(13-17)22(34)15-33-16-29-25-23(26(33)35)19(3)24(37-25)27(36)31-10-8-30(9-11-31)21-7-5-4-6-20(21)28/h4-7,16-18H,8-15H2,1-3H3/t17-,18-/m0/s1. The van der Waals surface area contributed by atoms with Crippen LogP contribution in [0.2, 0.25) is 0 Å². The topological polar surface area (TPSA) is 78.8 Å². The Kier molecular flexibility index (Phi) is 7.02. The molecule has 2 amide bonds. The zero-order valence-electron chi connectivity index (χ0n) is 21.4. The van der Waals surface area contributed by atoms with Crippen molar-refractivity contribution in [1.29, 1.82) is 0 Å². The highest BCUT2D eigenvalue weighted by Crippen LogP contribution is 2.29. The van der Waals surface area contributed by atoms with E-state index in [4.69, 9.17) is 0 Å². The molecular formula is C27H32FN5O3S. The van der Waals surface area contributed by atoms with Crippen molar-refractivity contribution in [3.8, 4) is 0 Å². The van der Waals surface area contributed by atoms with Crippen molar-refractivity contribution in [2.75, 3.05) is 44.2 Å². The Morgan fingerprint density at radius 1 is 1.05 bits per heavy atom. The lowest BCUT2D eigenvalue weighted by Crippen LogP contribution is -2.49. The summed E-state index contributed by atoms with van der Waals surface area (Å²) >= 11 is 1.21. The quantitative estimate of drug-likeness (QED) is 0.522. The summed E-state index contributed by atoms with van der Waals surface area (Å²) in [6, 6.07) is 6.65. The second-order valence-electron chi connectivity index (χ2n) is 10.4. The molecule has 0 aliphatic carbocycles. The fraction of sp³-hybridized carbons (Fsp3) is 0.481. The molecule has 2 saturated heterocycles. The van der Waals surface area contributed by atoms with Gasteiger partial charge >= 0.3 is 0 Å². The van der Waals surface area contributed by atoms with Crippen LogP contribution in [0.15, 0.2) is 35.4 Å². The Balaban J connectivity index is 1.32. The van der Waals surface area contributed by atoms with Gasteiger partial charge in [0.25, 0.3) is 11.5 Å². The molecule has 4 heterocycles. The molecule has 3 aromatic rings. The number of halogens is 1. The molecule has 2 aromatic heterocycles. The van der Waals surface area contributed by atoms with Crippen molar-refractivity contribution < 1.29 is 14.0 Å². The van der Waals surface area contributed by atoms with Crippen LogP contribution in [0.1, 0.15) is 35.5 Å². The zero-order chi connectivity index (χ0) is 26.3. The Bertz CT molecular complexity index is 1380. The second-order valence-corrected chi connectivity index (χ2v) is 11.4. The first-order valence-electron chi connectivity index (χ1n) is 12.8. The van der Waals surface area contributed by atoms with Gasteiger partial charge in [0.05, 0.1) is 22.3 Å². The smallest absolute Gasteiger partial charge is 0.264 e.